The van der Waals surface area contributed by atoms with Crippen LogP contribution in [0.2, 0.25) is 0 Å². The zero-order valence-electron chi connectivity index (χ0n) is 14.7. The van der Waals surface area contributed by atoms with E-state index >= 15 is 0 Å². The van der Waals surface area contributed by atoms with Crippen LogP contribution in [-0.4, -0.2) is 43.7 Å². The second-order valence-corrected chi connectivity index (χ2v) is 5.14. The lowest BCUT2D eigenvalue weighted by molar-refractivity contribution is -0.385. The highest BCUT2D eigenvalue weighted by Gasteiger charge is 2.26. The highest BCUT2D eigenvalue weighted by molar-refractivity contribution is 5.96. The average molecular weight is 354 g/mol. The Kier molecular flexibility index (Phi) is 7.64. The molecule has 9 nitrogen and oxygen atoms in total. The number of ether oxygens (including phenoxy) is 3. The Morgan fingerprint density at radius 1 is 1.16 bits per heavy atom. The summed E-state index contributed by atoms with van der Waals surface area (Å²) in [7, 11) is 2.66. The molecule has 1 amide bonds. The molecule has 0 aliphatic rings. The summed E-state index contributed by atoms with van der Waals surface area (Å²) in [6.45, 7) is 3.32. The Morgan fingerprint density at radius 3 is 2.20 bits per heavy atom. The fraction of sp³-hybridized carbons (Fsp3) is 0.500. The predicted molar refractivity (Wildman–Crippen MR) is 89.0 cm³/mol. The van der Waals surface area contributed by atoms with Crippen LogP contribution in [0.25, 0.3) is 0 Å². The smallest absolute Gasteiger partial charge is 0.345 e. The SMILES string of the molecule is CCC(CC)NC(=O)COC(=O)c1cc(OC)c(OC)cc1[N+](=O)[O-]. The lowest BCUT2D eigenvalue weighted by atomic mass is 10.1. The molecule has 0 aliphatic carbocycles. The Labute approximate surface area is 145 Å². The maximum atomic E-state index is 12.2. The first-order valence-corrected chi connectivity index (χ1v) is 7.74. The Balaban J connectivity index is 2.93. The van der Waals surface area contributed by atoms with Gasteiger partial charge in [-0.05, 0) is 12.8 Å². The van der Waals surface area contributed by atoms with E-state index in [1.165, 1.54) is 14.2 Å². The fourth-order valence-electron chi connectivity index (χ4n) is 2.15. The normalized spacial score (nSPS) is 10.3. The molecule has 0 atom stereocenters. The van der Waals surface area contributed by atoms with Crippen molar-refractivity contribution in [1.82, 2.24) is 5.32 Å². The van der Waals surface area contributed by atoms with Crippen molar-refractivity contribution < 1.29 is 28.7 Å². The van der Waals surface area contributed by atoms with Crippen LogP contribution in [0.5, 0.6) is 11.5 Å². The van der Waals surface area contributed by atoms with Crippen LogP contribution in [0.4, 0.5) is 5.69 Å². The first-order chi connectivity index (χ1) is 11.9. The zero-order valence-corrected chi connectivity index (χ0v) is 14.7. The van der Waals surface area contributed by atoms with Gasteiger partial charge >= 0.3 is 5.97 Å². The minimum Gasteiger partial charge on any atom is -0.493 e. The average Bonchev–Trinajstić information content (AvgIpc) is 2.62. The van der Waals surface area contributed by atoms with Crippen LogP contribution >= 0.6 is 0 Å². The van der Waals surface area contributed by atoms with Crippen molar-refractivity contribution in [3.8, 4) is 11.5 Å². The number of esters is 1. The fourth-order valence-corrected chi connectivity index (χ4v) is 2.15. The summed E-state index contributed by atoms with van der Waals surface area (Å²) < 4.78 is 14.9. The van der Waals surface area contributed by atoms with E-state index in [4.69, 9.17) is 14.2 Å². The number of nitro benzene ring substituents is 1. The van der Waals surface area contributed by atoms with Crippen molar-refractivity contribution in [3.05, 3.63) is 27.8 Å². The third-order valence-corrected chi connectivity index (χ3v) is 3.60. The molecular weight excluding hydrogens is 332 g/mol. The van der Waals surface area contributed by atoms with Gasteiger partial charge in [0, 0.05) is 12.1 Å². The molecule has 0 saturated heterocycles. The molecule has 0 fully saturated rings. The van der Waals surface area contributed by atoms with Crippen LogP contribution in [0.1, 0.15) is 37.0 Å². The lowest BCUT2D eigenvalue weighted by Crippen LogP contribution is -2.36. The third-order valence-electron chi connectivity index (χ3n) is 3.60. The first-order valence-electron chi connectivity index (χ1n) is 7.74. The van der Waals surface area contributed by atoms with Gasteiger partial charge in [-0.3, -0.25) is 14.9 Å². The van der Waals surface area contributed by atoms with Gasteiger partial charge in [-0.1, -0.05) is 13.8 Å². The van der Waals surface area contributed by atoms with Crippen molar-refractivity contribution in [1.29, 1.82) is 0 Å². The summed E-state index contributed by atoms with van der Waals surface area (Å²) >= 11 is 0. The molecular formula is C16H22N2O7. The van der Waals surface area contributed by atoms with Crippen LogP contribution in [0, 0.1) is 10.1 Å². The summed E-state index contributed by atoms with van der Waals surface area (Å²) in [6.07, 6.45) is 1.49. The van der Waals surface area contributed by atoms with E-state index in [-0.39, 0.29) is 23.1 Å². The molecule has 0 radical (unpaired) electrons. The third kappa shape index (κ3) is 5.33. The molecule has 0 heterocycles. The highest BCUT2D eigenvalue weighted by atomic mass is 16.6. The molecule has 0 saturated carbocycles. The van der Waals surface area contributed by atoms with Gasteiger partial charge in [0.25, 0.3) is 11.6 Å². The first kappa shape index (κ1) is 20.2. The van der Waals surface area contributed by atoms with Gasteiger partial charge in [-0.25, -0.2) is 4.79 Å². The minimum absolute atomic E-state index is 0.0124. The molecule has 1 rings (SSSR count). The van der Waals surface area contributed by atoms with Gasteiger partial charge in [-0.2, -0.15) is 0 Å². The zero-order chi connectivity index (χ0) is 19.0. The summed E-state index contributed by atoms with van der Waals surface area (Å²) in [4.78, 5) is 34.4. The van der Waals surface area contributed by atoms with Gasteiger partial charge in [0.1, 0.15) is 5.56 Å². The molecule has 0 aliphatic heterocycles. The van der Waals surface area contributed by atoms with Gasteiger partial charge in [0.2, 0.25) is 0 Å². The number of nitrogens with one attached hydrogen (secondary N) is 1. The van der Waals surface area contributed by atoms with Crippen LogP contribution in [-0.2, 0) is 9.53 Å². The molecule has 1 N–H and O–H groups in total. The van der Waals surface area contributed by atoms with Crippen LogP contribution in [0.3, 0.4) is 0 Å². The van der Waals surface area contributed by atoms with Gasteiger partial charge in [-0.15, -0.1) is 0 Å². The van der Waals surface area contributed by atoms with Gasteiger partial charge < -0.3 is 19.5 Å². The van der Waals surface area contributed by atoms with E-state index in [1.807, 2.05) is 13.8 Å². The Morgan fingerprint density at radius 2 is 1.72 bits per heavy atom. The van der Waals surface area contributed by atoms with Crippen molar-refractivity contribution >= 4 is 17.6 Å². The molecule has 0 spiro atoms. The van der Waals surface area contributed by atoms with E-state index < -0.39 is 29.1 Å². The van der Waals surface area contributed by atoms with E-state index in [2.05, 4.69) is 5.32 Å². The molecule has 138 valence electrons. The van der Waals surface area contributed by atoms with E-state index in [1.54, 1.807) is 0 Å². The molecule has 1 aromatic carbocycles. The van der Waals surface area contributed by atoms with E-state index in [0.29, 0.717) is 0 Å². The van der Waals surface area contributed by atoms with Crippen molar-refractivity contribution in [2.75, 3.05) is 20.8 Å². The number of benzene rings is 1. The summed E-state index contributed by atoms with van der Waals surface area (Å²) in [5.41, 5.74) is -0.818. The van der Waals surface area contributed by atoms with Crippen LogP contribution < -0.4 is 14.8 Å². The number of hydrogen-bond donors (Lipinski definition) is 1. The molecule has 25 heavy (non-hydrogen) atoms. The number of nitro groups is 1. The predicted octanol–water partition coefficient (Wildman–Crippen LogP) is 2.07. The second-order valence-electron chi connectivity index (χ2n) is 5.14. The topological polar surface area (TPSA) is 117 Å². The number of nitrogens with zero attached hydrogens (tertiary/aromatic N) is 1. The monoisotopic (exact) mass is 354 g/mol. The van der Waals surface area contributed by atoms with Crippen LogP contribution in [0.15, 0.2) is 12.1 Å². The number of methoxy groups -OCH3 is 2. The number of carbonyl (C=O) groups excluding carboxylic acids is 2. The molecule has 9 heteroatoms. The standard InChI is InChI=1S/C16H22N2O7/c1-5-10(6-2)17-15(19)9-25-16(20)11-7-13(23-3)14(24-4)8-12(11)18(21)22/h7-8,10H,5-6,9H2,1-4H3,(H,17,19). The minimum atomic E-state index is -0.993. The number of hydrogen-bond acceptors (Lipinski definition) is 7. The second kappa shape index (κ2) is 9.45. The van der Waals surface area contributed by atoms with Gasteiger partial charge in [0.05, 0.1) is 25.2 Å². The Hall–Kier alpha value is -2.84. The quantitative estimate of drug-likeness (QED) is 0.410. The molecule has 0 unspecified atom stereocenters. The van der Waals surface area contributed by atoms with Gasteiger partial charge in [0.15, 0.2) is 18.1 Å². The number of amides is 1. The molecule has 0 bridgehead atoms. The van der Waals surface area contributed by atoms with E-state index in [9.17, 15) is 19.7 Å². The summed E-state index contributed by atoms with van der Waals surface area (Å²) in [5, 5.41) is 13.9. The van der Waals surface area contributed by atoms with E-state index in [0.717, 1.165) is 25.0 Å². The maximum absolute atomic E-state index is 12.2. The van der Waals surface area contributed by atoms with Crippen molar-refractivity contribution in [2.45, 2.75) is 32.7 Å². The number of rotatable bonds is 9. The largest absolute Gasteiger partial charge is 0.493 e. The maximum Gasteiger partial charge on any atom is 0.345 e. The lowest BCUT2D eigenvalue weighted by Gasteiger charge is -2.14. The summed E-state index contributed by atoms with van der Waals surface area (Å²) in [6, 6.07) is 2.21. The molecule has 1 aromatic rings. The van der Waals surface area contributed by atoms with Crippen molar-refractivity contribution in [2.24, 2.45) is 0 Å². The Bertz CT molecular complexity index is 642. The highest BCUT2D eigenvalue weighted by Crippen LogP contribution is 2.34. The summed E-state index contributed by atoms with van der Waals surface area (Å²) in [5.74, 6) is -1.21. The van der Waals surface area contributed by atoms with Crippen molar-refractivity contribution in [3.63, 3.8) is 0 Å². The molecule has 0 aromatic heterocycles. The number of carbonyl (C=O) groups is 2.